The third-order valence-corrected chi connectivity index (χ3v) is 5.38. The molecule has 0 unspecified atom stereocenters. The molecule has 2 aromatic rings. The van der Waals surface area contributed by atoms with Crippen molar-refractivity contribution in [2.75, 3.05) is 26.2 Å². The van der Waals surface area contributed by atoms with E-state index in [0.717, 1.165) is 32.5 Å². The van der Waals surface area contributed by atoms with Crippen LogP contribution in [0.1, 0.15) is 22.9 Å². The highest BCUT2D eigenvalue weighted by Gasteiger charge is 2.19. The van der Waals surface area contributed by atoms with Crippen LogP contribution >= 0.6 is 35.3 Å². The summed E-state index contributed by atoms with van der Waals surface area (Å²) < 4.78 is 0. The van der Waals surface area contributed by atoms with E-state index in [0.29, 0.717) is 12.5 Å². The van der Waals surface area contributed by atoms with Crippen LogP contribution in [-0.2, 0) is 24.2 Å². The van der Waals surface area contributed by atoms with Gasteiger partial charge in [0.2, 0.25) is 5.91 Å². The number of carbonyl (C=O) groups is 1. The first-order valence-electron chi connectivity index (χ1n) is 9.15. The number of fused-ring (bicyclic) bond motifs is 1. The summed E-state index contributed by atoms with van der Waals surface area (Å²) in [7, 11) is 0. The van der Waals surface area contributed by atoms with E-state index in [1.807, 2.05) is 17.9 Å². The molecule has 0 fully saturated rings. The van der Waals surface area contributed by atoms with Gasteiger partial charge >= 0.3 is 0 Å². The first-order chi connectivity index (χ1) is 12.8. The fourth-order valence-corrected chi connectivity index (χ4v) is 3.76. The molecule has 0 saturated heterocycles. The van der Waals surface area contributed by atoms with E-state index in [2.05, 4.69) is 51.3 Å². The Balaban J connectivity index is 0.00000261. The maximum absolute atomic E-state index is 12.5. The molecule has 2 heterocycles. The van der Waals surface area contributed by atoms with Crippen LogP contribution in [0.25, 0.3) is 0 Å². The molecule has 1 aromatic heterocycles. The number of halogens is 1. The van der Waals surface area contributed by atoms with E-state index >= 15 is 0 Å². The lowest BCUT2D eigenvalue weighted by Crippen LogP contribution is -2.41. The van der Waals surface area contributed by atoms with Gasteiger partial charge in [-0.05, 0) is 42.3 Å². The molecule has 0 radical (unpaired) electrons. The number of carbonyl (C=O) groups excluding carboxylic acids is 1. The number of hydrogen-bond acceptors (Lipinski definition) is 3. The molecular formula is C20H27IN4OS. The van der Waals surface area contributed by atoms with Crippen molar-refractivity contribution in [2.24, 2.45) is 4.99 Å². The Hall–Kier alpha value is -1.61. The van der Waals surface area contributed by atoms with Crippen LogP contribution in [-0.4, -0.2) is 42.9 Å². The third-order valence-electron chi connectivity index (χ3n) is 4.44. The van der Waals surface area contributed by atoms with Crippen LogP contribution in [0, 0.1) is 0 Å². The van der Waals surface area contributed by atoms with E-state index in [-0.39, 0.29) is 36.4 Å². The number of rotatable bonds is 6. The molecule has 0 aliphatic carbocycles. The van der Waals surface area contributed by atoms with Crippen LogP contribution in [0.3, 0.4) is 0 Å². The number of benzene rings is 1. The van der Waals surface area contributed by atoms with Crippen molar-refractivity contribution in [3.63, 3.8) is 0 Å². The Kier molecular flexibility index (Phi) is 9.06. The van der Waals surface area contributed by atoms with E-state index in [1.54, 1.807) is 11.3 Å². The monoisotopic (exact) mass is 498 g/mol. The molecule has 1 amide bonds. The Labute approximate surface area is 182 Å². The predicted octanol–water partition coefficient (Wildman–Crippen LogP) is 3.05. The van der Waals surface area contributed by atoms with Crippen LogP contribution in [0.2, 0.25) is 0 Å². The molecule has 0 atom stereocenters. The van der Waals surface area contributed by atoms with E-state index in [9.17, 15) is 4.79 Å². The van der Waals surface area contributed by atoms with E-state index in [1.165, 1.54) is 16.0 Å². The minimum atomic E-state index is 0. The quantitative estimate of drug-likeness (QED) is 0.366. The van der Waals surface area contributed by atoms with Gasteiger partial charge in [0.05, 0.1) is 0 Å². The Morgan fingerprint density at radius 1 is 1.19 bits per heavy atom. The second-order valence-corrected chi connectivity index (χ2v) is 7.32. The molecule has 0 saturated carbocycles. The maximum Gasteiger partial charge on any atom is 0.244 e. The number of aliphatic imine (C=N–C) groups is 1. The van der Waals surface area contributed by atoms with Crippen molar-refractivity contribution < 1.29 is 4.79 Å². The average molecular weight is 498 g/mol. The number of amides is 1. The van der Waals surface area contributed by atoms with Crippen molar-refractivity contribution in [3.05, 3.63) is 57.8 Å². The van der Waals surface area contributed by atoms with Crippen molar-refractivity contribution in [1.29, 1.82) is 0 Å². The molecule has 3 rings (SSSR count). The zero-order valence-electron chi connectivity index (χ0n) is 15.6. The molecule has 0 bridgehead atoms. The molecule has 2 N–H and O–H groups in total. The molecule has 0 spiro atoms. The zero-order valence-corrected chi connectivity index (χ0v) is 18.8. The maximum atomic E-state index is 12.5. The second-order valence-electron chi connectivity index (χ2n) is 6.29. The summed E-state index contributed by atoms with van der Waals surface area (Å²) in [6.07, 6.45) is 1.88. The highest BCUT2D eigenvalue weighted by molar-refractivity contribution is 14.0. The molecule has 27 heavy (non-hydrogen) atoms. The largest absolute Gasteiger partial charge is 0.357 e. The van der Waals surface area contributed by atoms with Gasteiger partial charge in [-0.3, -0.25) is 4.79 Å². The van der Waals surface area contributed by atoms with Gasteiger partial charge in [0, 0.05) is 31.1 Å². The number of nitrogens with one attached hydrogen (secondary N) is 2. The summed E-state index contributed by atoms with van der Waals surface area (Å²) in [5.41, 5.74) is 2.60. The zero-order chi connectivity index (χ0) is 18.2. The predicted molar refractivity (Wildman–Crippen MR) is 123 cm³/mol. The first-order valence-corrected chi connectivity index (χ1v) is 10.0. The number of thiophene rings is 1. The number of guanidine groups is 1. The minimum absolute atomic E-state index is 0. The van der Waals surface area contributed by atoms with Crippen molar-refractivity contribution in [2.45, 2.75) is 26.3 Å². The average Bonchev–Trinajstić information content (AvgIpc) is 3.19. The van der Waals surface area contributed by atoms with Gasteiger partial charge in [0.25, 0.3) is 0 Å². The van der Waals surface area contributed by atoms with Gasteiger partial charge in [0.1, 0.15) is 6.54 Å². The van der Waals surface area contributed by atoms with Crippen molar-refractivity contribution in [1.82, 2.24) is 15.5 Å². The van der Waals surface area contributed by atoms with Crippen LogP contribution in [0.5, 0.6) is 0 Å². The number of nitrogens with zero attached hydrogens (tertiary/aromatic N) is 2. The van der Waals surface area contributed by atoms with Gasteiger partial charge < -0.3 is 15.5 Å². The highest BCUT2D eigenvalue weighted by atomic mass is 127. The lowest BCUT2D eigenvalue weighted by Gasteiger charge is -2.28. The van der Waals surface area contributed by atoms with Crippen LogP contribution in [0.4, 0.5) is 0 Å². The summed E-state index contributed by atoms with van der Waals surface area (Å²) in [6, 6.07) is 12.5. The smallest absolute Gasteiger partial charge is 0.244 e. The van der Waals surface area contributed by atoms with Crippen molar-refractivity contribution in [3.8, 4) is 0 Å². The normalized spacial score (nSPS) is 13.5. The van der Waals surface area contributed by atoms with Gasteiger partial charge in [-0.2, -0.15) is 0 Å². The Morgan fingerprint density at radius 3 is 2.74 bits per heavy atom. The standard InChI is InChI=1S/C20H26N4OS.HI/c1-2-21-20(22-11-9-18-8-5-13-26-18)23-14-19(25)24-12-10-16-6-3-4-7-17(16)15-24;/h3-8,13H,2,9-12,14-15H2,1H3,(H2,21,22,23);1H. The molecular weight excluding hydrogens is 471 g/mol. The first kappa shape index (κ1) is 21.7. The lowest BCUT2D eigenvalue weighted by molar-refractivity contribution is -0.130. The second kappa shape index (κ2) is 11.3. The van der Waals surface area contributed by atoms with E-state index < -0.39 is 0 Å². The SMILES string of the molecule is CCNC(=NCC(=O)N1CCc2ccccc2C1)NCCc1cccs1.I. The van der Waals surface area contributed by atoms with Crippen molar-refractivity contribution >= 4 is 47.2 Å². The summed E-state index contributed by atoms with van der Waals surface area (Å²) in [4.78, 5) is 20.3. The topological polar surface area (TPSA) is 56.7 Å². The molecule has 1 aliphatic heterocycles. The van der Waals surface area contributed by atoms with Crippen LogP contribution < -0.4 is 10.6 Å². The van der Waals surface area contributed by atoms with Gasteiger partial charge in [-0.15, -0.1) is 35.3 Å². The van der Waals surface area contributed by atoms with Gasteiger partial charge in [0.15, 0.2) is 5.96 Å². The van der Waals surface area contributed by atoms with Gasteiger partial charge in [-0.1, -0.05) is 30.3 Å². The Bertz CT molecular complexity index is 748. The number of hydrogen-bond donors (Lipinski definition) is 2. The molecule has 1 aliphatic rings. The van der Waals surface area contributed by atoms with Crippen LogP contribution in [0.15, 0.2) is 46.8 Å². The molecule has 1 aromatic carbocycles. The summed E-state index contributed by atoms with van der Waals surface area (Å²) in [5, 5.41) is 8.60. The summed E-state index contributed by atoms with van der Waals surface area (Å²) >= 11 is 1.76. The van der Waals surface area contributed by atoms with E-state index in [4.69, 9.17) is 0 Å². The minimum Gasteiger partial charge on any atom is -0.357 e. The molecule has 7 heteroatoms. The molecule has 5 nitrogen and oxygen atoms in total. The molecule has 146 valence electrons. The van der Waals surface area contributed by atoms with Gasteiger partial charge in [-0.25, -0.2) is 4.99 Å². The lowest BCUT2D eigenvalue weighted by atomic mass is 10.00. The highest BCUT2D eigenvalue weighted by Crippen LogP contribution is 2.18. The summed E-state index contributed by atoms with van der Waals surface area (Å²) in [5.74, 6) is 0.782. The fraction of sp³-hybridized carbons (Fsp3) is 0.400. The fourth-order valence-electron chi connectivity index (χ4n) is 3.06. The summed E-state index contributed by atoms with van der Waals surface area (Å²) in [6.45, 7) is 5.24. The Morgan fingerprint density at radius 2 is 2.00 bits per heavy atom. The third kappa shape index (κ3) is 6.49.